The van der Waals surface area contributed by atoms with Crippen LogP contribution in [0.15, 0.2) is 73.8 Å². The van der Waals surface area contributed by atoms with E-state index in [1.54, 1.807) is 0 Å². The number of allylic oxidation sites excluding steroid dienone is 7. The first-order chi connectivity index (χ1) is 20.1. The van der Waals surface area contributed by atoms with Gasteiger partial charge in [0.1, 0.15) is 0 Å². The van der Waals surface area contributed by atoms with E-state index in [4.69, 9.17) is 39.5 Å². The number of ether oxygens (including phenoxy) is 2. The van der Waals surface area contributed by atoms with Gasteiger partial charge in [-0.2, -0.15) is 11.4 Å². The summed E-state index contributed by atoms with van der Waals surface area (Å²) in [6.45, 7) is 27.4. The van der Waals surface area contributed by atoms with Gasteiger partial charge in [-0.25, -0.2) is 0 Å². The normalized spacial score (nSPS) is 33.5. The van der Waals surface area contributed by atoms with E-state index in [1.807, 2.05) is 0 Å². The number of fused-ring (bicyclic) bond motifs is 5. The fraction of sp³-hybridized carbons (Fsp3) is 0.639. The van der Waals surface area contributed by atoms with Gasteiger partial charge in [0.05, 0.1) is 46.9 Å². The van der Waals surface area contributed by atoms with Crippen molar-refractivity contribution < 1.29 is 26.8 Å². The Labute approximate surface area is 280 Å². The number of hydrogen-bond donors (Lipinski definition) is 0. The first-order valence-corrected chi connectivity index (χ1v) is 19.7. The maximum atomic E-state index is 6.36. The van der Waals surface area contributed by atoms with Gasteiger partial charge in [-0.3, -0.25) is 15.0 Å². The van der Waals surface area contributed by atoms with E-state index in [0.717, 1.165) is 82.2 Å². The van der Waals surface area contributed by atoms with Crippen LogP contribution in [0.4, 0.5) is 0 Å². The maximum absolute atomic E-state index is 6.36. The van der Waals surface area contributed by atoms with E-state index in [2.05, 4.69) is 113 Å². The van der Waals surface area contributed by atoms with E-state index in [-0.39, 0.29) is 32.9 Å². The van der Waals surface area contributed by atoms with Crippen LogP contribution in [0.1, 0.15) is 102 Å². The zero-order valence-electron chi connectivity index (χ0n) is 29.1. The number of halogens is 1. The van der Waals surface area contributed by atoms with Gasteiger partial charge in [0.15, 0.2) is 0 Å². The molecule has 5 aliphatic heterocycles. The van der Waals surface area contributed by atoms with Crippen LogP contribution in [0, 0.1) is 21.7 Å². The Balaban J connectivity index is 0.00000216. The summed E-state index contributed by atoms with van der Waals surface area (Å²) in [5, 5.41) is 5.15. The van der Waals surface area contributed by atoms with Gasteiger partial charge in [0.2, 0.25) is 0 Å². The van der Waals surface area contributed by atoms with Gasteiger partial charge >= 0.3 is 27.0 Å². The van der Waals surface area contributed by atoms with Crippen molar-refractivity contribution in [1.29, 1.82) is 0 Å². The molecule has 0 aromatic heterocycles. The Hall–Kier alpha value is -1.66. The topological polar surface area (TPSA) is 69.6 Å². The monoisotopic (exact) mass is 670 g/mol. The van der Waals surface area contributed by atoms with Crippen molar-refractivity contribution in [2.45, 2.75) is 114 Å². The molecule has 1 saturated heterocycles. The molecule has 0 aromatic carbocycles. The quantitative estimate of drug-likeness (QED) is 0.279. The van der Waals surface area contributed by atoms with E-state index in [0.29, 0.717) is 13.2 Å². The number of rotatable bonds is 4. The van der Waals surface area contributed by atoms with Gasteiger partial charge in [-0.1, -0.05) is 46.8 Å². The Morgan fingerprint density at radius 3 is 1.95 bits per heavy atom. The summed E-state index contributed by atoms with van der Waals surface area (Å²) in [5.74, 6) is 0. The van der Waals surface area contributed by atoms with Crippen molar-refractivity contribution in [1.82, 2.24) is 0 Å². The molecule has 5 aliphatic rings. The minimum atomic E-state index is -0.368. The van der Waals surface area contributed by atoms with E-state index in [9.17, 15) is 0 Å². The molecule has 0 radical (unpaired) electrons. The summed E-state index contributed by atoms with van der Waals surface area (Å²) in [7, 11) is 4.76. The second kappa shape index (κ2) is 12.2. The molecule has 44 heavy (non-hydrogen) atoms. The van der Waals surface area contributed by atoms with Crippen molar-refractivity contribution in [2.24, 2.45) is 36.6 Å². The predicted octanol–water partition coefficient (Wildman–Crippen LogP) is 9.72. The molecule has 8 heteroatoms. The standard InChI is InChI=1S/C36H51N4O2.ClH.Zn/c1-31(2,3)41-21-35(11)20-26-14-27-33(7,8)17-23(37-27)13-24-19-36(12,22-42-32(4,5)6)30(39-24)16-28-34(9,10)18-25(38-28)15-29(35)40-26;;/h13-16,19H,17-18,20-22H2,1-12H3;1H;/q-1;;+2/p-1/b23-13-,27-14-,28-16-,29-15-;;. The molecule has 0 N–H and O–H groups in total. The summed E-state index contributed by atoms with van der Waals surface area (Å²) in [4.78, 5) is 15.6. The number of hydrogen-bond acceptors (Lipinski definition) is 5. The molecular formula is C36H51ClN4O2Zn. The first kappa shape index (κ1) is 35.2. The molecule has 0 aromatic rings. The number of aliphatic imine (C=N–C) groups is 3. The van der Waals surface area contributed by atoms with Crippen molar-refractivity contribution in [3.8, 4) is 0 Å². The molecule has 0 spiro atoms. The average Bonchev–Trinajstić information content (AvgIpc) is 3.54. The van der Waals surface area contributed by atoms with E-state index < -0.39 is 0 Å². The van der Waals surface area contributed by atoms with Crippen LogP contribution >= 0.6 is 9.69 Å². The average molecular weight is 673 g/mol. The molecular weight excluding hydrogens is 621 g/mol. The third kappa shape index (κ3) is 8.00. The summed E-state index contributed by atoms with van der Waals surface area (Å²) < 4.78 is 12.7. The van der Waals surface area contributed by atoms with Crippen molar-refractivity contribution in [3.63, 3.8) is 0 Å². The van der Waals surface area contributed by atoms with Gasteiger partial charge < -0.3 is 14.8 Å². The summed E-state index contributed by atoms with van der Waals surface area (Å²) >= 11 is 0.847. The fourth-order valence-electron chi connectivity index (χ4n) is 6.08. The van der Waals surface area contributed by atoms with Crippen LogP contribution in [-0.2, 0) is 26.8 Å². The van der Waals surface area contributed by atoms with Crippen LogP contribution in [0.25, 0.3) is 5.32 Å². The zero-order valence-corrected chi connectivity index (χ0v) is 32.8. The Bertz CT molecular complexity index is 1430. The number of nitrogens with zero attached hydrogens (tertiary/aromatic N) is 4. The molecule has 5 rings (SSSR count). The van der Waals surface area contributed by atoms with Gasteiger partial charge in [0, 0.05) is 40.8 Å². The minimum absolute atomic E-state index is 0.0907. The molecule has 2 atom stereocenters. The molecule has 0 saturated carbocycles. The SMILES string of the molecule is CC(C)(C)OCC1(C)C=C2/C=C3/CC(C)(C)/C(=C/C4=NC(=C\C5=NC(=C\C1=N2)/C(C)(C)C5)/C(C)(COC(C)(C)C)C4)[N-]3.[Cl][Zn+]. The van der Waals surface area contributed by atoms with Crippen LogP contribution in [0.2, 0.25) is 0 Å². The van der Waals surface area contributed by atoms with E-state index in [1.165, 1.54) is 0 Å². The Morgan fingerprint density at radius 1 is 0.727 bits per heavy atom. The second-order valence-electron chi connectivity index (χ2n) is 16.7. The third-order valence-corrected chi connectivity index (χ3v) is 8.74. The molecule has 6 nitrogen and oxygen atoms in total. The van der Waals surface area contributed by atoms with Gasteiger partial charge in [-0.05, 0) is 78.5 Å². The van der Waals surface area contributed by atoms with Crippen molar-refractivity contribution in [2.75, 3.05) is 13.2 Å². The molecule has 8 bridgehead atoms. The third-order valence-electron chi connectivity index (χ3n) is 8.74. The van der Waals surface area contributed by atoms with Gasteiger partial charge in [0.25, 0.3) is 0 Å². The summed E-state index contributed by atoms with van der Waals surface area (Å²) in [5.41, 5.74) is 6.96. The van der Waals surface area contributed by atoms with Crippen LogP contribution in [0.3, 0.4) is 0 Å². The van der Waals surface area contributed by atoms with Crippen molar-refractivity contribution in [3.05, 3.63) is 64.2 Å². The molecule has 2 unspecified atom stereocenters. The molecule has 1 fully saturated rings. The van der Waals surface area contributed by atoms with Crippen molar-refractivity contribution >= 4 is 26.8 Å². The zero-order chi connectivity index (χ0) is 32.9. The second-order valence-corrected chi connectivity index (χ2v) is 16.7. The Kier molecular flexibility index (Phi) is 9.74. The first-order valence-electron chi connectivity index (χ1n) is 15.8. The predicted molar refractivity (Wildman–Crippen MR) is 181 cm³/mol. The molecule has 0 amide bonds. The van der Waals surface area contributed by atoms with Crippen LogP contribution < -0.4 is 0 Å². The Morgan fingerprint density at radius 2 is 1.32 bits per heavy atom. The molecule has 5 heterocycles. The van der Waals surface area contributed by atoms with Gasteiger partial charge in [-0.15, -0.1) is 0 Å². The molecule has 0 aliphatic carbocycles. The van der Waals surface area contributed by atoms with Crippen LogP contribution in [0.5, 0.6) is 0 Å². The van der Waals surface area contributed by atoms with Crippen LogP contribution in [-0.4, -0.2) is 41.6 Å². The summed E-state index contributed by atoms with van der Waals surface area (Å²) in [6.07, 6.45) is 13.6. The van der Waals surface area contributed by atoms with E-state index >= 15 is 0 Å². The molecule has 236 valence electrons. The summed E-state index contributed by atoms with van der Waals surface area (Å²) in [6, 6.07) is 0. The fourth-order valence-corrected chi connectivity index (χ4v) is 6.08.